The average Bonchev–Trinajstić information content (AvgIpc) is 2.66. The van der Waals surface area contributed by atoms with E-state index < -0.39 is 0 Å². The monoisotopic (exact) mass is 231 g/mol. The molecule has 0 fully saturated rings. The lowest BCUT2D eigenvalue weighted by molar-refractivity contribution is 0.858. The SMILES string of the molecule is C=Nc1c(CC)c(C)nn1/C(N)=C(/C#N)CC. The summed E-state index contributed by atoms with van der Waals surface area (Å²) in [6.07, 6.45) is 1.38. The molecule has 0 spiro atoms. The average molecular weight is 231 g/mol. The van der Waals surface area contributed by atoms with Gasteiger partial charge in [0.15, 0.2) is 5.82 Å². The second kappa shape index (κ2) is 5.30. The van der Waals surface area contributed by atoms with E-state index in [2.05, 4.69) is 22.9 Å². The molecule has 0 saturated carbocycles. The summed E-state index contributed by atoms with van der Waals surface area (Å²) in [4.78, 5) is 3.96. The number of hydrogen-bond donors (Lipinski definition) is 1. The second-order valence-electron chi connectivity index (χ2n) is 3.64. The molecule has 2 N–H and O–H groups in total. The van der Waals surface area contributed by atoms with E-state index in [1.54, 1.807) is 0 Å². The Balaban J connectivity index is 3.48. The number of aromatic nitrogens is 2. The zero-order valence-corrected chi connectivity index (χ0v) is 10.5. The fourth-order valence-corrected chi connectivity index (χ4v) is 1.74. The first-order chi connectivity index (χ1) is 8.10. The number of aryl methyl sites for hydroxylation is 1. The Morgan fingerprint density at radius 3 is 2.65 bits per heavy atom. The Kier molecular flexibility index (Phi) is 4.05. The quantitative estimate of drug-likeness (QED) is 0.636. The van der Waals surface area contributed by atoms with Crippen LogP contribution in [0.4, 0.5) is 5.82 Å². The molecule has 0 amide bonds. The summed E-state index contributed by atoms with van der Waals surface area (Å²) in [5.41, 5.74) is 8.32. The first-order valence-electron chi connectivity index (χ1n) is 5.54. The molecule has 0 unspecified atom stereocenters. The Morgan fingerprint density at radius 2 is 2.24 bits per heavy atom. The molecule has 0 aromatic carbocycles. The molecule has 0 aliphatic heterocycles. The number of allylic oxidation sites excluding steroid dienone is 1. The van der Waals surface area contributed by atoms with Crippen LogP contribution >= 0.6 is 0 Å². The van der Waals surface area contributed by atoms with Crippen molar-refractivity contribution in [3.05, 3.63) is 16.8 Å². The highest BCUT2D eigenvalue weighted by Gasteiger charge is 2.15. The van der Waals surface area contributed by atoms with Crippen molar-refractivity contribution in [3.8, 4) is 6.07 Å². The van der Waals surface area contributed by atoms with E-state index in [0.717, 1.165) is 17.7 Å². The van der Waals surface area contributed by atoms with Gasteiger partial charge in [0, 0.05) is 5.56 Å². The van der Waals surface area contributed by atoms with E-state index >= 15 is 0 Å². The van der Waals surface area contributed by atoms with Gasteiger partial charge < -0.3 is 5.73 Å². The Morgan fingerprint density at radius 1 is 1.59 bits per heavy atom. The van der Waals surface area contributed by atoms with Gasteiger partial charge >= 0.3 is 0 Å². The number of nitriles is 1. The van der Waals surface area contributed by atoms with E-state index in [1.165, 1.54) is 4.68 Å². The summed E-state index contributed by atoms with van der Waals surface area (Å²) in [6.45, 7) is 9.33. The van der Waals surface area contributed by atoms with Crippen LogP contribution in [0.15, 0.2) is 10.6 Å². The number of nitrogens with zero attached hydrogens (tertiary/aromatic N) is 4. The zero-order chi connectivity index (χ0) is 13.0. The number of nitrogens with two attached hydrogens (primary N) is 1. The fraction of sp³-hybridized carbons (Fsp3) is 0.417. The van der Waals surface area contributed by atoms with E-state index in [4.69, 9.17) is 11.0 Å². The summed E-state index contributed by atoms with van der Waals surface area (Å²) in [5, 5.41) is 13.3. The molecule has 90 valence electrons. The molecule has 0 aliphatic rings. The van der Waals surface area contributed by atoms with Gasteiger partial charge in [-0.25, -0.2) is 4.99 Å². The maximum Gasteiger partial charge on any atom is 0.160 e. The van der Waals surface area contributed by atoms with Crippen molar-refractivity contribution in [2.75, 3.05) is 0 Å². The highest BCUT2D eigenvalue weighted by atomic mass is 15.4. The van der Waals surface area contributed by atoms with Crippen LogP contribution in [0.25, 0.3) is 5.82 Å². The maximum atomic E-state index is 8.98. The molecule has 0 atom stereocenters. The van der Waals surface area contributed by atoms with Gasteiger partial charge in [0.05, 0.1) is 17.3 Å². The largest absolute Gasteiger partial charge is 0.383 e. The first kappa shape index (κ1) is 13.0. The van der Waals surface area contributed by atoms with Crippen LogP contribution in [-0.4, -0.2) is 16.5 Å². The zero-order valence-electron chi connectivity index (χ0n) is 10.5. The van der Waals surface area contributed by atoms with Crippen molar-refractivity contribution in [1.82, 2.24) is 9.78 Å². The molecule has 0 radical (unpaired) electrons. The van der Waals surface area contributed by atoms with Gasteiger partial charge in [0.25, 0.3) is 0 Å². The van der Waals surface area contributed by atoms with Crippen LogP contribution in [0.1, 0.15) is 31.5 Å². The van der Waals surface area contributed by atoms with Gasteiger partial charge in [0.2, 0.25) is 0 Å². The molecule has 5 heteroatoms. The molecule has 1 aromatic heterocycles. The third kappa shape index (κ3) is 2.21. The summed E-state index contributed by atoms with van der Waals surface area (Å²) in [7, 11) is 0. The number of rotatable bonds is 4. The third-order valence-electron chi connectivity index (χ3n) is 2.69. The van der Waals surface area contributed by atoms with E-state index in [0.29, 0.717) is 23.6 Å². The van der Waals surface area contributed by atoms with Crippen molar-refractivity contribution in [2.45, 2.75) is 33.6 Å². The lowest BCUT2D eigenvalue weighted by Gasteiger charge is -2.06. The van der Waals surface area contributed by atoms with Crippen molar-refractivity contribution >= 4 is 18.4 Å². The van der Waals surface area contributed by atoms with Crippen LogP contribution in [0.3, 0.4) is 0 Å². The lowest BCUT2D eigenvalue weighted by atomic mass is 10.2. The normalized spacial score (nSPS) is 11.9. The lowest BCUT2D eigenvalue weighted by Crippen LogP contribution is -2.10. The van der Waals surface area contributed by atoms with Crippen molar-refractivity contribution in [1.29, 1.82) is 5.26 Å². The van der Waals surface area contributed by atoms with Gasteiger partial charge in [-0.2, -0.15) is 15.0 Å². The minimum absolute atomic E-state index is 0.334. The van der Waals surface area contributed by atoms with Gasteiger partial charge in [-0.1, -0.05) is 13.8 Å². The molecule has 1 aromatic rings. The van der Waals surface area contributed by atoms with Crippen molar-refractivity contribution in [3.63, 3.8) is 0 Å². The van der Waals surface area contributed by atoms with Crippen molar-refractivity contribution in [2.24, 2.45) is 10.7 Å². The second-order valence-corrected chi connectivity index (χ2v) is 3.64. The van der Waals surface area contributed by atoms with Gasteiger partial charge in [-0.15, -0.1) is 0 Å². The molecule has 0 bridgehead atoms. The minimum Gasteiger partial charge on any atom is -0.383 e. The summed E-state index contributed by atoms with van der Waals surface area (Å²) >= 11 is 0. The predicted octanol–water partition coefficient (Wildman–Crippen LogP) is 2.15. The van der Waals surface area contributed by atoms with Crippen LogP contribution in [0.2, 0.25) is 0 Å². The smallest absolute Gasteiger partial charge is 0.160 e. The Hall–Kier alpha value is -2.09. The topological polar surface area (TPSA) is 80.0 Å². The molecule has 1 heterocycles. The molecule has 1 rings (SSSR count). The van der Waals surface area contributed by atoms with E-state index in [-0.39, 0.29) is 0 Å². The molecular formula is C12H17N5. The van der Waals surface area contributed by atoms with Crippen LogP contribution < -0.4 is 5.73 Å². The molecular weight excluding hydrogens is 214 g/mol. The molecule has 5 nitrogen and oxygen atoms in total. The van der Waals surface area contributed by atoms with Crippen molar-refractivity contribution < 1.29 is 0 Å². The molecule has 0 saturated heterocycles. The first-order valence-corrected chi connectivity index (χ1v) is 5.54. The highest BCUT2D eigenvalue weighted by molar-refractivity contribution is 5.61. The summed E-state index contributed by atoms with van der Waals surface area (Å²) < 4.78 is 1.50. The van der Waals surface area contributed by atoms with Gasteiger partial charge in [0.1, 0.15) is 5.82 Å². The minimum atomic E-state index is 0.334. The number of aliphatic imine (C=N–C) groups is 1. The summed E-state index contributed by atoms with van der Waals surface area (Å²) in [6, 6.07) is 2.08. The Labute approximate surface area is 101 Å². The third-order valence-corrected chi connectivity index (χ3v) is 2.69. The van der Waals surface area contributed by atoms with Crippen LogP contribution in [-0.2, 0) is 6.42 Å². The molecule has 0 aliphatic carbocycles. The fourth-order valence-electron chi connectivity index (χ4n) is 1.74. The van der Waals surface area contributed by atoms with Crippen LogP contribution in [0, 0.1) is 18.3 Å². The highest BCUT2D eigenvalue weighted by Crippen LogP contribution is 2.25. The predicted molar refractivity (Wildman–Crippen MR) is 68.9 cm³/mol. The van der Waals surface area contributed by atoms with Gasteiger partial charge in [-0.3, -0.25) is 0 Å². The Bertz CT molecular complexity index is 502. The summed E-state index contributed by atoms with van der Waals surface area (Å²) in [5.74, 6) is 0.962. The van der Waals surface area contributed by atoms with Gasteiger partial charge in [-0.05, 0) is 26.5 Å². The van der Waals surface area contributed by atoms with Crippen LogP contribution in [0.5, 0.6) is 0 Å². The van der Waals surface area contributed by atoms with E-state index in [9.17, 15) is 0 Å². The maximum absolute atomic E-state index is 8.98. The number of hydrogen-bond acceptors (Lipinski definition) is 4. The standard InChI is InChI=1S/C12H17N5/c1-5-9(7-13)11(14)17-12(15-4)10(6-2)8(3)16-17/h4-6,14H2,1-3H3/b11-9+. The molecule has 17 heavy (non-hydrogen) atoms. The van der Waals surface area contributed by atoms with E-state index in [1.807, 2.05) is 20.8 Å².